The average molecular weight is 323 g/mol. The van der Waals surface area contributed by atoms with E-state index >= 15 is 0 Å². The second kappa shape index (κ2) is 7.72. The van der Waals surface area contributed by atoms with Gasteiger partial charge in [0.25, 0.3) is 0 Å². The highest BCUT2D eigenvalue weighted by molar-refractivity contribution is 7.11. The van der Waals surface area contributed by atoms with Crippen LogP contribution in [0, 0.1) is 19.8 Å². The van der Waals surface area contributed by atoms with E-state index in [4.69, 9.17) is 0 Å². The van der Waals surface area contributed by atoms with E-state index in [0.29, 0.717) is 13.1 Å². The van der Waals surface area contributed by atoms with Gasteiger partial charge in [0.2, 0.25) is 11.8 Å². The van der Waals surface area contributed by atoms with E-state index in [1.165, 1.54) is 4.88 Å². The van der Waals surface area contributed by atoms with Gasteiger partial charge in [-0.25, -0.2) is 4.98 Å². The fraction of sp³-hybridized carbons (Fsp3) is 0.688. The van der Waals surface area contributed by atoms with Crippen LogP contribution in [0.4, 0.5) is 0 Å². The Bertz CT molecular complexity index is 522. The lowest BCUT2D eigenvalue weighted by molar-refractivity contribution is -0.133. The molecule has 1 unspecified atom stereocenters. The Kier molecular flexibility index (Phi) is 5.94. The van der Waals surface area contributed by atoms with Crippen molar-refractivity contribution in [1.29, 1.82) is 0 Å². The molecule has 1 aliphatic rings. The zero-order chi connectivity index (χ0) is 16.1. The Morgan fingerprint density at radius 1 is 1.41 bits per heavy atom. The number of aryl methyl sites for hydroxylation is 3. The van der Waals surface area contributed by atoms with Crippen LogP contribution in [0.2, 0.25) is 0 Å². The minimum absolute atomic E-state index is 0.0537. The Morgan fingerprint density at radius 3 is 2.82 bits per heavy atom. The topological polar surface area (TPSA) is 62.3 Å². The van der Waals surface area contributed by atoms with Crippen LogP contribution in [0.1, 0.15) is 41.8 Å². The summed E-state index contributed by atoms with van der Waals surface area (Å²) in [7, 11) is 0. The fourth-order valence-electron chi connectivity index (χ4n) is 2.72. The van der Waals surface area contributed by atoms with Crippen molar-refractivity contribution >= 4 is 23.2 Å². The molecule has 0 spiro atoms. The molecule has 0 saturated carbocycles. The summed E-state index contributed by atoms with van der Waals surface area (Å²) in [5, 5.41) is 4.15. The number of amides is 2. The lowest BCUT2D eigenvalue weighted by Crippen LogP contribution is -2.44. The maximum atomic E-state index is 12.2. The van der Waals surface area contributed by atoms with E-state index in [-0.39, 0.29) is 17.7 Å². The molecule has 22 heavy (non-hydrogen) atoms. The quantitative estimate of drug-likeness (QED) is 0.844. The Balaban J connectivity index is 1.70. The number of thiazole rings is 1. The fourth-order valence-corrected chi connectivity index (χ4v) is 3.69. The van der Waals surface area contributed by atoms with Crippen molar-refractivity contribution in [3.8, 4) is 0 Å². The van der Waals surface area contributed by atoms with E-state index in [1.807, 2.05) is 6.92 Å². The van der Waals surface area contributed by atoms with Gasteiger partial charge in [0.1, 0.15) is 0 Å². The zero-order valence-corrected chi connectivity index (χ0v) is 14.5. The highest BCUT2D eigenvalue weighted by atomic mass is 32.1. The normalized spacial score (nSPS) is 18.3. The molecular weight excluding hydrogens is 298 g/mol. The van der Waals surface area contributed by atoms with Crippen molar-refractivity contribution < 1.29 is 9.59 Å². The smallest absolute Gasteiger partial charge is 0.224 e. The first kappa shape index (κ1) is 16.9. The average Bonchev–Trinajstić information content (AvgIpc) is 2.82. The predicted octanol–water partition coefficient (Wildman–Crippen LogP) is 2.07. The predicted molar refractivity (Wildman–Crippen MR) is 87.9 cm³/mol. The van der Waals surface area contributed by atoms with Gasteiger partial charge in [-0.15, -0.1) is 11.3 Å². The van der Waals surface area contributed by atoms with Crippen LogP contribution in [0.3, 0.4) is 0 Å². The number of rotatable bonds is 5. The van der Waals surface area contributed by atoms with Gasteiger partial charge >= 0.3 is 0 Å². The second-order valence-electron chi connectivity index (χ2n) is 5.95. The third-order valence-corrected chi connectivity index (χ3v) is 5.31. The molecule has 1 fully saturated rings. The molecule has 2 heterocycles. The lowest BCUT2D eigenvalue weighted by Gasteiger charge is -2.31. The minimum atomic E-state index is -0.0537. The lowest BCUT2D eigenvalue weighted by atomic mass is 9.97. The first-order valence-corrected chi connectivity index (χ1v) is 8.75. The Labute approximate surface area is 136 Å². The first-order chi connectivity index (χ1) is 10.5. The summed E-state index contributed by atoms with van der Waals surface area (Å²) in [4.78, 5) is 31.1. The largest absolute Gasteiger partial charge is 0.356 e. The van der Waals surface area contributed by atoms with Gasteiger partial charge < -0.3 is 10.2 Å². The zero-order valence-electron chi connectivity index (χ0n) is 13.6. The number of piperidine rings is 1. The number of nitrogens with zero attached hydrogens (tertiary/aromatic N) is 2. The van der Waals surface area contributed by atoms with Crippen molar-refractivity contribution in [3.63, 3.8) is 0 Å². The number of carbonyl (C=O) groups is 2. The molecule has 1 N–H and O–H groups in total. The second-order valence-corrected chi connectivity index (χ2v) is 7.24. The van der Waals surface area contributed by atoms with E-state index in [0.717, 1.165) is 42.9 Å². The molecule has 0 bridgehead atoms. The van der Waals surface area contributed by atoms with Gasteiger partial charge in [-0.2, -0.15) is 0 Å². The molecule has 6 heteroatoms. The summed E-state index contributed by atoms with van der Waals surface area (Å²) in [5.74, 6) is 0.0893. The number of nitrogens with one attached hydrogen (secondary N) is 1. The van der Waals surface area contributed by atoms with Crippen LogP contribution in [0.5, 0.6) is 0 Å². The van der Waals surface area contributed by atoms with Gasteiger partial charge in [0.05, 0.1) is 16.6 Å². The van der Waals surface area contributed by atoms with Crippen molar-refractivity contribution in [3.05, 3.63) is 15.6 Å². The number of likely N-dealkylation sites (tertiary alicyclic amines) is 1. The molecule has 2 amide bonds. The van der Waals surface area contributed by atoms with E-state index in [9.17, 15) is 9.59 Å². The number of carbonyl (C=O) groups excluding carboxylic acids is 2. The molecule has 0 aromatic carbocycles. The summed E-state index contributed by atoms with van der Waals surface area (Å²) >= 11 is 1.74. The van der Waals surface area contributed by atoms with Crippen LogP contribution >= 0.6 is 11.3 Å². The van der Waals surface area contributed by atoms with Gasteiger partial charge in [0.15, 0.2) is 0 Å². The molecular formula is C16H25N3O2S. The maximum absolute atomic E-state index is 12.2. The van der Waals surface area contributed by atoms with Crippen molar-refractivity contribution in [2.75, 3.05) is 19.6 Å². The van der Waals surface area contributed by atoms with E-state index in [1.54, 1.807) is 23.2 Å². The van der Waals surface area contributed by atoms with Crippen LogP contribution in [0.15, 0.2) is 0 Å². The molecule has 1 aliphatic heterocycles. The minimum Gasteiger partial charge on any atom is -0.356 e. The molecule has 1 aromatic heterocycles. The highest BCUT2D eigenvalue weighted by Crippen LogP contribution is 2.18. The SMILES string of the molecule is CC(=O)N1CCCC(C(=O)NCCCc2nc(C)c(C)s2)C1. The van der Waals surface area contributed by atoms with Gasteiger partial charge in [-0.05, 0) is 33.1 Å². The van der Waals surface area contributed by atoms with Crippen molar-refractivity contribution in [1.82, 2.24) is 15.2 Å². The van der Waals surface area contributed by atoms with Crippen LogP contribution in [-0.4, -0.2) is 41.3 Å². The van der Waals surface area contributed by atoms with Crippen LogP contribution < -0.4 is 5.32 Å². The highest BCUT2D eigenvalue weighted by Gasteiger charge is 2.26. The van der Waals surface area contributed by atoms with E-state index in [2.05, 4.69) is 17.2 Å². The summed E-state index contributed by atoms with van der Waals surface area (Å²) in [6.07, 6.45) is 3.60. The molecule has 5 nitrogen and oxygen atoms in total. The van der Waals surface area contributed by atoms with Crippen LogP contribution in [0.25, 0.3) is 0 Å². The third-order valence-electron chi connectivity index (χ3n) is 4.18. The molecule has 1 aromatic rings. The summed E-state index contributed by atoms with van der Waals surface area (Å²) < 4.78 is 0. The van der Waals surface area contributed by atoms with Crippen LogP contribution in [-0.2, 0) is 16.0 Å². The van der Waals surface area contributed by atoms with Gasteiger partial charge in [0, 0.05) is 37.9 Å². The Hall–Kier alpha value is -1.43. The van der Waals surface area contributed by atoms with Crippen molar-refractivity contribution in [2.24, 2.45) is 5.92 Å². The number of aromatic nitrogens is 1. The standard InChI is InChI=1S/C16H25N3O2S/c1-11-12(2)22-15(18-11)7-4-8-17-16(21)14-6-5-9-19(10-14)13(3)20/h14H,4-10H2,1-3H3,(H,17,21). The van der Waals surface area contributed by atoms with Crippen molar-refractivity contribution in [2.45, 2.75) is 46.5 Å². The molecule has 0 aliphatic carbocycles. The number of hydrogen-bond acceptors (Lipinski definition) is 4. The summed E-state index contributed by atoms with van der Waals surface area (Å²) in [6.45, 7) is 7.70. The van der Waals surface area contributed by atoms with E-state index < -0.39 is 0 Å². The molecule has 122 valence electrons. The monoisotopic (exact) mass is 323 g/mol. The van der Waals surface area contributed by atoms with Gasteiger partial charge in [-0.3, -0.25) is 9.59 Å². The summed E-state index contributed by atoms with van der Waals surface area (Å²) in [6, 6.07) is 0. The molecule has 2 rings (SSSR count). The molecule has 1 saturated heterocycles. The number of hydrogen-bond donors (Lipinski definition) is 1. The molecule has 1 atom stereocenters. The van der Waals surface area contributed by atoms with Gasteiger partial charge in [-0.1, -0.05) is 0 Å². The summed E-state index contributed by atoms with van der Waals surface area (Å²) in [5.41, 5.74) is 1.11. The first-order valence-electron chi connectivity index (χ1n) is 7.93. The maximum Gasteiger partial charge on any atom is 0.224 e. The third kappa shape index (κ3) is 4.53. The Morgan fingerprint density at radius 2 is 2.18 bits per heavy atom. The molecule has 0 radical (unpaired) electrons.